The second-order valence-electron chi connectivity index (χ2n) is 5.40. The summed E-state index contributed by atoms with van der Waals surface area (Å²) in [5.74, 6) is 1.67. The highest BCUT2D eigenvalue weighted by Crippen LogP contribution is 2.50. The van der Waals surface area contributed by atoms with Gasteiger partial charge in [0.15, 0.2) is 5.65 Å². The maximum Gasteiger partial charge on any atom is 0.160 e. The Balaban J connectivity index is 2.06. The molecule has 19 heavy (non-hydrogen) atoms. The zero-order chi connectivity index (χ0) is 13.5. The van der Waals surface area contributed by atoms with Crippen molar-refractivity contribution in [3.63, 3.8) is 0 Å². The average molecular weight is 343 g/mol. The van der Waals surface area contributed by atoms with Gasteiger partial charge in [-0.1, -0.05) is 6.92 Å². The third kappa shape index (κ3) is 2.52. The average Bonchev–Trinajstić information content (AvgIpc) is 3.10. The first kappa shape index (κ1) is 13.4. The number of halogens is 2. The van der Waals surface area contributed by atoms with E-state index in [9.17, 15) is 0 Å². The van der Waals surface area contributed by atoms with E-state index in [1.165, 1.54) is 19.3 Å². The number of nitrogens with zero attached hydrogens (tertiary/aromatic N) is 3. The lowest BCUT2D eigenvalue weighted by molar-refractivity contribution is 0.407. The summed E-state index contributed by atoms with van der Waals surface area (Å²) >= 11 is 9.36. The van der Waals surface area contributed by atoms with Gasteiger partial charge in [-0.2, -0.15) is 0 Å². The Morgan fingerprint density at radius 3 is 2.89 bits per heavy atom. The van der Waals surface area contributed by atoms with E-state index in [2.05, 4.69) is 32.4 Å². The first-order chi connectivity index (χ1) is 9.17. The van der Waals surface area contributed by atoms with Crippen LogP contribution >= 0.6 is 27.5 Å². The van der Waals surface area contributed by atoms with Gasteiger partial charge in [-0.3, -0.25) is 0 Å². The summed E-state index contributed by atoms with van der Waals surface area (Å²) in [6, 6.07) is 2.03. The number of aryl methyl sites for hydroxylation is 1. The quantitative estimate of drug-likeness (QED) is 0.764. The zero-order valence-electron chi connectivity index (χ0n) is 11.0. The van der Waals surface area contributed by atoms with Crippen LogP contribution in [0.15, 0.2) is 16.7 Å². The highest BCUT2D eigenvalue weighted by Gasteiger charge is 2.41. The summed E-state index contributed by atoms with van der Waals surface area (Å²) in [6.45, 7) is 3.30. The molecule has 2 heterocycles. The van der Waals surface area contributed by atoms with Crippen LogP contribution in [0.2, 0.25) is 0 Å². The van der Waals surface area contributed by atoms with Gasteiger partial charge in [0.2, 0.25) is 0 Å². The maximum absolute atomic E-state index is 5.90. The lowest BCUT2D eigenvalue weighted by atomic mass is 10.0. The van der Waals surface area contributed by atoms with Crippen molar-refractivity contribution in [2.45, 2.75) is 39.2 Å². The molecule has 0 bridgehead atoms. The second-order valence-corrected chi connectivity index (χ2v) is 6.70. The molecule has 0 aromatic carbocycles. The van der Waals surface area contributed by atoms with E-state index in [1.54, 1.807) is 0 Å². The van der Waals surface area contributed by atoms with Crippen LogP contribution in [-0.2, 0) is 13.0 Å². The van der Waals surface area contributed by atoms with E-state index in [1.807, 2.05) is 12.3 Å². The molecule has 0 aliphatic heterocycles. The number of rotatable bonds is 5. The molecular formula is C14H17BrClN3. The molecule has 0 unspecified atom stereocenters. The van der Waals surface area contributed by atoms with Gasteiger partial charge in [-0.15, -0.1) is 11.6 Å². The van der Waals surface area contributed by atoms with Gasteiger partial charge < -0.3 is 4.57 Å². The first-order valence-corrected chi connectivity index (χ1v) is 8.07. The number of hydrogen-bond acceptors (Lipinski definition) is 2. The van der Waals surface area contributed by atoms with Crippen LogP contribution in [-0.4, -0.2) is 20.4 Å². The molecule has 3 rings (SSSR count). The van der Waals surface area contributed by atoms with Crippen LogP contribution < -0.4 is 0 Å². The summed E-state index contributed by atoms with van der Waals surface area (Å²) < 4.78 is 3.25. The van der Waals surface area contributed by atoms with Gasteiger partial charge in [0.05, 0.1) is 0 Å². The minimum Gasteiger partial charge on any atom is -0.312 e. The minimum absolute atomic E-state index is 0.476. The molecule has 1 aliphatic rings. The lowest BCUT2D eigenvalue weighted by Gasteiger charge is -2.15. The van der Waals surface area contributed by atoms with Gasteiger partial charge >= 0.3 is 0 Å². The topological polar surface area (TPSA) is 30.7 Å². The minimum atomic E-state index is 0.476. The Kier molecular flexibility index (Phi) is 3.56. The molecule has 5 heteroatoms. The third-order valence-electron chi connectivity index (χ3n) is 4.15. The van der Waals surface area contributed by atoms with E-state index in [-0.39, 0.29) is 0 Å². The van der Waals surface area contributed by atoms with Crippen molar-refractivity contribution in [3.05, 3.63) is 22.6 Å². The molecule has 0 amide bonds. The lowest BCUT2D eigenvalue weighted by Crippen LogP contribution is -2.14. The SMILES string of the molecule is CCC1(Cn2c(CCCl)nc3cc(Br)cnc32)CC1. The Bertz CT molecular complexity index is 604. The number of alkyl halides is 1. The van der Waals surface area contributed by atoms with Gasteiger partial charge in [-0.05, 0) is 46.7 Å². The highest BCUT2D eigenvalue weighted by molar-refractivity contribution is 9.10. The van der Waals surface area contributed by atoms with Crippen LogP contribution in [0.1, 0.15) is 32.0 Å². The molecule has 3 nitrogen and oxygen atoms in total. The van der Waals surface area contributed by atoms with Crippen LogP contribution in [0.4, 0.5) is 0 Å². The Morgan fingerprint density at radius 2 is 2.26 bits per heavy atom. The highest BCUT2D eigenvalue weighted by atomic mass is 79.9. The van der Waals surface area contributed by atoms with Crippen molar-refractivity contribution >= 4 is 38.7 Å². The molecule has 1 fully saturated rings. The summed E-state index contributed by atoms with van der Waals surface area (Å²) in [7, 11) is 0. The maximum atomic E-state index is 5.90. The normalized spacial score (nSPS) is 17.0. The second kappa shape index (κ2) is 5.06. The number of pyridine rings is 1. The summed E-state index contributed by atoms with van der Waals surface area (Å²) in [4.78, 5) is 9.24. The molecule has 0 N–H and O–H groups in total. The van der Waals surface area contributed by atoms with E-state index in [0.29, 0.717) is 11.3 Å². The van der Waals surface area contributed by atoms with Crippen LogP contribution in [0.25, 0.3) is 11.2 Å². The summed E-state index contributed by atoms with van der Waals surface area (Å²) in [5, 5.41) is 0. The van der Waals surface area contributed by atoms with Crippen LogP contribution in [0.5, 0.6) is 0 Å². The van der Waals surface area contributed by atoms with Gasteiger partial charge in [0, 0.05) is 29.5 Å². The number of hydrogen-bond donors (Lipinski definition) is 0. The van der Waals surface area contributed by atoms with Crippen molar-refractivity contribution in [2.75, 3.05) is 5.88 Å². The Labute approximate surface area is 126 Å². The number of fused-ring (bicyclic) bond motifs is 1. The fourth-order valence-corrected chi connectivity index (χ4v) is 3.10. The molecule has 1 aliphatic carbocycles. The summed E-state index contributed by atoms with van der Waals surface area (Å²) in [6.07, 6.45) is 6.51. The molecular weight excluding hydrogens is 326 g/mol. The van der Waals surface area contributed by atoms with Gasteiger partial charge in [0.25, 0.3) is 0 Å². The molecule has 102 valence electrons. The van der Waals surface area contributed by atoms with Crippen molar-refractivity contribution in [1.82, 2.24) is 14.5 Å². The fraction of sp³-hybridized carbons (Fsp3) is 0.571. The zero-order valence-corrected chi connectivity index (χ0v) is 13.3. The largest absolute Gasteiger partial charge is 0.312 e. The first-order valence-electron chi connectivity index (χ1n) is 6.74. The standard InChI is InChI=1S/C14H17BrClN3/c1-2-14(4-5-14)9-19-12(3-6-16)18-11-7-10(15)8-17-13(11)19/h7-8H,2-6,9H2,1H3. The van der Waals surface area contributed by atoms with Crippen molar-refractivity contribution < 1.29 is 0 Å². The van der Waals surface area contributed by atoms with Crippen molar-refractivity contribution in [1.29, 1.82) is 0 Å². The predicted molar refractivity (Wildman–Crippen MR) is 81.6 cm³/mol. The fourth-order valence-electron chi connectivity index (χ4n) is 2.61. The smallest absolute Gasteiger partial charge is 0.160 e. The van der Waals surface area contributed by atoms with E-state index >= 15 is 0 Å². The Morgan fingerprint density at radius 1 is 1.47 bits per heavy atom. The summed E-state index contributed by atoms with van der Waals surface area (Å²) in [5.41, 5.74) is 2.42. The van der Waals surface area contributed by atoms with E-state index in [4.69, 9.17) is 16.6 Å². The number of imidazole rings is 1. The Hall–Kier alpha value is -0.610. The molecule has 1 saturated carbocycles. The van der Waals surface area contributed by atoms with Crippen molar-refractivity contribution in [2.24, 2.45) is 5.41 Å². The monoisotopic (exact) mass is 341 g/mol. The molecule has 0 spiro atoms. The van der Waals surface area contributed by atoms with E-state index < -0.39 is 0 Å². The van der Waals surface area contributed by atoms with Crippen LogP contribution in [0, 0.1) is 5.41 Å². The van der Waals surface area contributed by atoms with Gasteiger partial charge in [0.1, 0.15) is 11.3 Å². The third-order valence-corrected chi connectivity index (χ3v) is 4.77. The van der Waals surface area contributed by atoms with Gasteiger partial charge in [-0.25, -0.2) is 9.97 Å². The number of aromatic nitrogens is 3. The molecule has 0 radical (unpaired) electrons. The molecule has 0 saturated heterocycles. The molecule has 2 aromatic heterocycles. The van der Waals surface area contributed by atoms with Crippen molar-refractivity contribution in [3.8, 4) is 0 Å². The molecule has 0 atom stereocenters. The van der Waals surface area contributed by atoms with E-state index in [0.717, 1.165) is 34.4 Å². The van der Waals surface area contributed by atoms with Crippen LogP contribution in [0.3, 0.4) is 0 Å². The molecule has 2 aromatic rings. The predicted octanol–water partition coefficient (Wildman–Crippen LogP) is 4.17.